The van der Waals surface area contributed by atoms with Crippen LogP contribution in [0.25, 0.3) is 22.3 Å². The highest BCUT2D eigenvalue weighted by atomic mass is 19.1. The average molecular weight is 348 g/mol. The van der Waals surface area contributed by atoms with Crippen molar-refractivity contribution in [2.24, 2.45) is 0 Å². The molecule has 0 atom stereocenters. The molecular weight excluding hydrogens is 323 g/mol. The standard InChI is InChI=1S/C24H25FO/c1-3-4-5-6-18-7-9-19(10-8-18)20-11-13-21(14-12-20)23-16-15-22(26-2)17-24(23)25/h7-17H,3-6H2,1-2H3. The van der Waals surface area contributed by atoms with Crippen molar-refractivity contribution in [2.75, 3.05) is 7.11 Å². The summed E-state index contributed by atoms with van der Waals surface area (Å²) in [5.74, 6) is 0.260. The summed E-state index contributed by atoms with van der Waals surface area (Å²) < 4.78 is 19.3. The van der Waals surface area contributed by atoms with Gasteiger partial charge in [0.05, 0.1) is 7.11 Å². The van der Waals surface area contributed by atoms with Gasteiger partial charge in [0.15, 0.2) is 0 Å². The van der Waals surface area contributed by atoms with E-state index in [1.54, 1.807) is 19.2 Å². The lowest BCUT2D eigenvalue weighted by atomic mass is 9.98. The van der Waals surface area contributed by atoms with Crippen molar-refractivity contribution in [3.8, 4) is 28.0 Å². The zero-order valence-corrected chi connectivity index (χ0v) is 15.5. The van der Waals surface area contributed by atoms with Crippen LogP contribution in [-0.4, -0.2) is 7.11 Å². The highest BCUT2D eigenvalue weighted by Crippen LogP contribution is 2.29. The molecule has 0 amide bonds. The van der Waals surface area contributed by atoms with Gasteiger partial charge in [-0.25, -0.2) is 4.39 Å². The molecular formula is C24H25FO. The monoisotopic (exact) mass is 348 g/mol. The largest absolute Gasteiger partial charge is 0.497 e. The van der Waals surface area contributed by atoms with Crippen molar-refractivity contribution in [2.45, 2.75) is 32.6 Å². The molecule has 0 aromatic heterocycles. The van der Waals surface area contributed by atoms with E-state index in [-0.39, 0.29) is 5.82 Å². The topological polar surface area (TPSA) is 9.23 Å². The van der Waals surface area contributed by atoms with Gasteiger partial charge in [-0.05, 0) is 47.2 Å². The molecule has 3 aromatic carbocycles. The fourth-order valence-electron chi connectivity index (χ4n) is 3.14. The van der Waals surface area contributed by atoms with Gasteiger partial charge in [-0.2, -0.15) is 0 Å². The van der Waals surface area contributed by atoms with Gasteiger partial charge in [-0.15, -0.1) is 0 Å². The first-order valence-electron chi connectivity index (χ1n) is 9.24. The zero-order valence-electron chi connectivity index (χ0n) is 15.5. The predicted octanol–water partition coefficient (Wildman–Crippen LogP) is 6.90. The van der Waals surface area contributed by atoms with Crippen LogP contribution in [0.1, 0.15) is 31.7 Å². The second-order valence-electron chi connectivity index (χ2n) is 6.58. The van der Waals surface area contributed by atoms with Crippen molar-refractivity contribution in [3.63, 3.8) is 0 Å². The predicted molar refractivity (Wildman–Crippen MR) is 107 cm³/mol. The zero-order chi connectivity index (χ0) is 18.4. The molecule has 134 valence electrons. The van der Waals surface area contributed by atoms with Crippen LogP contribution in [0.5, 0.6) is 5.75 Å². The van der Waals surface area contributed by atoms with Gasteiger partial charge in [-0.3, -0.25) is 0 Å². The summed E-state index contributed by atoms with van der Waals surface area (Å²) in [4.78, 5) is 0. The van der Waals surface area contributed by atoms with E-state index >= 15 is 0 Å². The number of hydrogen-bond donors (Lipinski definition) is 0. The number of methoxy groups -OCH3 is 1. The van der Waals surface area contributed by atoms with Gasteiger partial charge >= 0.3 is 0 Å². The molecule has 0 aliphatic carbocycles. The second-order valence-corrected chi connectivity index (χ2v) is 6.58. The first-order chi connectivity index (χ1) is 12.7. The molecule has 0 radical (unpaired) electrons. The lowest BCUT2D eigenvalue weighted by Crippen LogP contribution is -1.89. The highest BCUT2D eigenvalue weighted by Gasteiger charge is 2.07. The van der Waals surface area contributed by atoms with Crippen LogP contribution in [-0.2, 0) is 6.42 Å². The third-order valence-corrected chi connectivity index (χ3v) is 4.73. The minimum atomic E-state index is -0.270. The fraction of sp³-hybridized carbons (Fsp3) is 0.250. The van der Waals surface area contributed by atoms with E-state index in [1.807, 2.05) is 24.3 Å². The smallest absolute Gasteiger partial charge is 0.134 e. The van der Waals surface area contributed by atoms with E-state index in [1.165, 1.54) is 36.5 Å². The number of rotatable bonds is 7. The van der Waals surface area contributed by atoms with Crippen LogP contribution in [0.15, 0.2) is 66.7 Å². The quantitative estimate of drug-likeness (QED) is 0.422. The van der Waals surface area contributed by atoms with Crippen molar-refractivity contribution >= 4 is 0 Å². The number of ether oxygens (including phenoxy) is 1. The average Bonchev–Trinajstić information content (AvgIpc) is 2.69. The molecule has 0 aliphatic rings. The SMILES string of the molecule is CCCCCc1ccc(-c2ccc(-c3ccc(OC)cc3F)cc2)cc1. The Morgan fingerprint density at radius 2 is 1.38 bits per heavy atom. The molecule has 0 bridgehead atoms. The minimum absolute atomic E-state index is 0.270. The highest BCUT2D eigenvalue weighted by molar-refractivity contribution is 5.71. The number of aryl methyl sites for hydroxylation is 1. The molecule has 3 aromatic rings. The summed E-state index contributed by atoms with van der Waals surface area (Å²) >= 11 is 0. The van der Waals surface area contributed by atoms with Gasteiger partial charge in [-0.1, -0.05) is 68.3 Å². The molecule has 0 spiro atoms. The minimum Gasteiger partial charge on any atom is -0.497 e. The van der Waals surface area contributed by atoms with Crippen LogP contribution in [0.2, 0.25) is 0 Å². The van der Waals surface area contributed by atoms with E-state index in [2.05, 4.69) is 31.2 Å². The summed E-state index contributed by atoms with van der Waals surface area (Å²) in [5, 5.41) is 0. The lowest BCUT2D eigenvalue weighted by Gasteiger charge is -2.08. The van der Waals surface area contributed by atoms with Crippen molar-refractivity contribution in [1.82, 2.24) is 0 Å². The Hall–Kier alpha value is -2.61. The third-order valence-electron chi connectivity index (χ3n) is 4.73. The fourth-order valence-corrected chi connectivity index (χ4v) is 3.14. The normalized spacial score (nSPS) is 10.7. The van der Waals surface area contributed by atoms with Crippen molar-refractivity contribution in [3.05, 3.63) is 78.1 Å². The summed E-state index contributed by atoms with van der Waals surface area (Å²) in [7, 11) is 1.54. The molecule has 0 heterocycles. The third kappa shape index (κ3) is 4.32. The van der Waals surface area contributed by atoms with E-state index in [9.17, 15) is 4.39 Å². The van der Waals surface area contributed by atoms with E-state index < -0.39 is 0 Å². The van der Waals surface area contributed by atoms with Gasteiger partial charge in [0, 0.05) is 11.6 Å². The van der Waals surface area contributed by atoms with Gasteiger partial charge < -0.3 is 4.74 Å². The number of halogens is 1. The summed E-state index contributed by atoms with van der Waals surface area (Å²) in [6.07, 6.45) is 4.92. The molecule has 3 rings (SSSR count). The van der Waals surface area contributed by atoms with Crippen molar-refractivity contribution < 1.29 is 9.13 Å². The number of hydrogen-bond acceptors (Lipinski definition) is 1. The Balaban J connectivity index is 1.75. The molecule has 0 saturated carbocycles. The van der Waals surface area contributed by atoms with E-state index in [0.717, 1.165) is 17.5 Å². The first kappa shape index (κ1) is 18.2. The molecule has 0 unspecified atom stereocenters. The number of benzene rings is 3. The number of unbranched alkanes of at least 4 members (excludes halogenated alkanes) is 2. The lowest BCUT2D eigenvalue weighted by molar-refractivity contribution is 0.411. The molecule has 0 aliphatic heterocycles. The summed E-state index contributed by atoms with van der Waals surface area (Å²) in [6.45, 7) is 2.23. The maximum atomic E-state index is 14.2. The van der Waals surface area contributed by atoms with Crippen LogP contribution in [0.3, 0.4) is 0 Å². The van der Waals surface area contributed by atoms with Crippen LogP contribution in [0, 0.1) is 5.82 Å². The second kappa shape index (κ2) is 8.66. The van der Waals surface area contributed by atoms with Gasteiger partial charge in [0.25, 0.3) is 0 Å². The molecule has 0 N–H and O–H groups in total. The van der Waals surface area contributed by atoms with E-state index in [0.29, 0.717) is 11.3 Å². The Labute approximate surface area is 155 Å². The van der Waals surface area contributed by atoms with E-state index in [4.69, 9.17) is 4.74 Å². The molecule has 2 heteroatoms. The Kier molecular flexibility index (Phi) is 6.06. The summed E-state index contributed by atoms with van der Waals surface area (Å²) in [6, 6.07) is 21.7. The molecule has 0 saturated heterocycles. The Morgan fingerprint density at radius 3 is 1.96 bits per heavy atom. The molecule has 1 nitrogen and oxygen atoms in total. The van der Waals surface area contributed by atoms with Crippen LogP contribution < -0.4 is 4.74 Å². The van der Waals surface area contributed by atoms with Crippen molar-refractivity contribution in [1.29, 1.82) is 0 Å². The maximum Gasteiger partial charge on any atom is 0.134 e. The Morgan fingerprint density at radius 1 is 0.769 bits per heavy atom. The first-order valence-corrected chi connectivity index (χ1v) is 9.24. The molecule has 0 fully saturated rings. The Bertz CT molecular complexity index is 835. The van der Waals surface area contributed by atoms with Gasteiger partial charge in [0.2, 0.25) is 0 Å². The van der Waals surface area contributed by atoms with Gasteiger partial charge in [0.1, 0.15) is 11.6 Å². The maximum absolute atomic E-state index is 14.2. The van der Waals surface area contributed by atoms with Crippen LogP contribution in [0.4, 0.5) is 4.39 Å². The molecule has 26 heavy (non-hydrogen) atoms. The van der Waals surface area contributed by atoms with Crippen LogP contribution >= 0.6 is 0 Å². The summed E-state index contributed by atoms with van der Waals surface area (Å²) in [5.41, 5.74) is 5.17.